The minimum atomic E-state index is -0.687. The maximum Gasteiger partial charge on any atom is 0.328 e. The molecular formula is C14H16N6O2. The van der Waals surface area contributed by atoms with Crippen LogP contribution in [-0.4, -0.2) is 57.8 Å². The van der Waals surface area contributed by atoms with E-state index in [4.69, 9.17) is 0 Å². The van der Waals surface area contributed by atoms with Gasteiger partial charge in [0.15, 0.2) is 0 Å². The van der Waals surface area contributed by atoms with Crippen LogP contribution in [0.5, 0.6) is 0 Å². The molecule has 2 heterocycles. The molecule has 0 atom stereocenters. The summed E-state index contributed by atoms with van der Waals surface area (Å²) in [6.07, 6.45) is 2.64. The van der Waals surface area contributed by atoms with Crippen LogP contribution in [0, 0.1) is 0 Å². The van der Waals surface area contributed by atoms with Gasteiger partial charge in [-0.1, -0.05) is 18.2 Å². The van der Waals surface area contributed by atoms with Crippen LogP contribution in [0.15, 0.2) is 43.0 Å². The van der Waals surface area contributed by atoms with E-state index in [0.29, 0.717) is 26.2 Å². The summed E-state index contributed by atoms with van der Waals surface area (Å²) in [4.78, 5) is 27.7. The zero-order chi connectivity index (χ0) is 15.4. The van der Waals surface area contributed by atoms with Crippen molar-refractivity contribution in [1.29, 1.82) is 0 Å². The fourth-order valence-corrected chi connectivity index (χ4v) is 2.37. The second-order valence-electron chi connectivity index (χ2n) is 4.92. The number of benzene rings is 1. The smallest absolute Gasteiger partial charge is 0.328 e. The fourth-order valence-electron chi connectivity index (χ4n) is 2.37. The van der Waals surface area contributed by atoms with Gasteiger partial charge in [0.2, 0.25) is 0 Å². The van der Waals surface area contributed by atoms with Crippen LogP contribution >= 0.6 is 0 Å². The number of carbonyl (C=O) groups excluding carboxylic acids is 2. The maximum atomic E-state index is 12.1. The summed E-state index contributed by atoms with van der Waals surface area (Å²) < 4.78 is 1.25. The number of piperazine rings is 1. The van der Waals surface area contributed by atoms with Crippen molar-refractivity contribution in [1.82, 2.24) is 19.8 Å². The van der Waals surface area contributed by atoms with Gasteiger partial charge in [-0.3, -0.25) is 15.0 Å². The van der Waals surface area contributed by atoms with Crippen molar-refractivity contribution in [3.8, 4) is 0 Å². The van der Waals surface area contributed by atoms with E-state index < -0.39 is 11.8 Å². The number of hydrogen-bond acceptors (Lipinski definition) is 5. The standard InChI is InChI=1S/C14H16N6O2/c21-13(17-20-10-15-16-11-20)14(22)19-8-6-18(7-9-19)12-4-2-1-3-5-12/h1-5,10-11H,6-9H2,(H,17,21). The molecular weight excluding hydrogens is 284 g/mol. The fraction of sp³-hybridized carbons (Fsp3) is 0.286. The average Bonchev–Trinajstić information content (AvgIpc) is 3.08. The molecule has 0 radical (unpaired) electrons. The number of amides is 2. The van der Waals surface area contributed by atoms with Crippen molar-refractivity contribution < 1.29 is 9.59 Å². The first-order valence-electron chi connectivity index (χ1n) is 6.99. The molecule has 1 fully saturated rings. The number of hydrogen-bond donors (Lipinski definition) is 1. The van der Waals surface area contributed by atoms with E-state index in [2.05, 4.69) is 20.5 Å². The summed E-state index contributed by atoms with van der Waals surface area (Å²) >= 11 is 0. The lowest BCUT2D eigenvalue weighted by Crippen LogP contribution is -2.52. The van der Waals surface area contributed by atoms with E-state index in [1.165, 1.54) is 17.3 Å². The molecule has 0 bridgehead atoms. The second-order valence-corrected chi connectivity index (χ2v) is 4.92. The Balaban J connectivity index is 1.54. The molecule has 8 nitrogen and oxygen atoms in total. The first kappa shape index (κ1) is 14.1. The van der Waals surface area contributed by atoms with E-state index in [9.17, 15) is 9.59 Å². The quantitative estimate of drug-likeness (QED) is 0.770. The van der Waals surface area contributed by atoms with Crippen LogP contribution in [0.3, 0.4) is 0 Å². The molecule has 0 saturated carbocycles. The van der Waals surface area contributed by atoms with Crippen molar-refractivity contribution in [2.24, 2.45) is 0 Å². The molecule has 1 saturated heterocycles. The Morgan fingerprint density at radius 3 is 2.23 bits per heavy atom. The summed E-state index contributed by atoms with van der Waals surface area (Å²) in [5.74, 6) is -1.23. The predicted octanol–water partition coefficient (Wildman–Crippen LogP) is -0.303. The number of aromatic nitrogens is 3. The normalized spacial score (nSPS) is 14.7. The van der Waals surface area contributed by atoms with E-state index in [1.54, 1.807) is 4.90 Å². The van der Waals surface area contributed by atoms with Gasteiger partial charge in [0, 0.05) is 31.9 Å². The SMILES string of the molecule is O=C(Nn1cnnc1)C(=O)N1CCN(c2ccccc2)CC1. The Hall–Kier alpha value is -2.90. The molecule has 22 heavy (non-hydrogen) atoms. The lowest BCUT2D eigenvalue weighted by molar-refractivity contribution is -0.143. The third-order valence-electron chi connectivity index (χ3n) is 3.53. The Bertz CT molecular complexity index is 635. The summed E-state index contributed by atoms with van der Waals surface area (Å²) in [6, 6.07) is 10.0. The molecule has 114 valence electrons. The Morgan fingerprint density at radius 2 is 1.59 bits per heavy atom. The molecule has 0 spiro atoms. The lowest BCUT2D eigenvalue weighted by Gasteiger charge is -2.35. The third kappa shape index (κ3) is 3.05. The second kappa shape index (κ2) is 6.25. The molecule has 1 N–H and O–H groups in total. The number of nitrogens with one attached hydrogen (secondary N) is 1. The third-order valence-corrected chi connectivity index (χ3v) is 3.53. The highest BCUT2D eigenvalue weighted by Gasteiger charge is 2.26. The largest absolute Gasteiger partial charge is 0.368 e. The minimum Gasteiger partial charge on any atom is -0.368 e. The Labute approximate surface area is 127 Å². The predicted molar refractivity (Wildman–Crippen MR) is 79.6 cm³/mol. The summed E-state index contributed by atoms with van der Waals surface area (Å²) in [5.41, 5.74) is 3.54. The van der Waals surface area contributed by atoms with Crippen LogP contribution in [0.2, 0.25) is 0 Å². The molecule has 1 aliphatic rings. The van der Waals surface area contributed by atoms with Crippen LogP contribution < -0.4 is 10.3 Å². The van der Waals surface area contributed by atoms with E-state index in [0.717, 1.165) is 5.69 Å². The molecule has 1 aromatic carbocycles. The number of carbonyl (C=O) groups is 2. The van der Waals surface area contributed by atoms with Gasteiger partial charge in [-0.25, -0.2) is 4.68 Å². The van der Waals surface area contributed by atoms with Crippen LogP contribution in [0.1, 0.15) is 0 Å². The summed E-state index contributed by atoms with van der Waals surface area (Å²) in [6.45, 7) is 2.44. The van der Waals surface area contributed by atoms with Crippen molar-refractivity contribution >= 4 is 17.5 Å². The van der Waals surface area contributed by atoms with E-state index in [1.807, 2.05) is 30.3 Å². The molecule has 0 unspecified atom stereocenters. The van der Waals surface area contributed by atoms with Gasteiger partial charge in [0.05, 0.1) is 0 Å². The average molecular weight is 300 g/mol. The zero-order valence-electron chi connectivity index (χ0n) is 11.9. The molecule has 0 aliphatic carbocycles. The zero-order valence-corrected chi connectivity index (χ0v) is 11.9. The molecule has 8 heteroatoms. The van der Waals surface area contributed by atoms with Gasteiger partial charge in [0.1, 0.15) is 12.7 Å². The topological polar surface area (TPSA) is 83.4 Å². The summed E-state index contributed by atoms with van der Waals surface area (Å²) in [5, 5.41) is 7.11. The van der Waals surface area contributed by atoms with Crippen molar-refractivity contribution in [3.05, 3.63) is 43.0 Å². The van der Waals surface area contributed by atoms with Crippen LogP contribution in [0.4, 0.5) is 5.69 Å². The van der Waals surface area contributed by atoms with Crippen molar-refractivity contribution in [2.45, 2.75) is 0 Å². The molecule has 2 aromatic rings. The van der Waals surface area contributed by atoms with Crippen LogP contribution in [-0.2, 0) is 9.59 Å². The minimum absolute atomic E-state index is 0.517. The highest BCUT2D eigenvalue weighted by atomic mass is 16.2. The Morgan fingerprint density at radius 1 is 0.955 bits per heavy atom. The molecule has 3 rings (SSSR count). The van der Waals surface area contributed by atoms with Gasteiger partial charge < -0.3 is 9.80 Å². The number of nitrogens with zero attached hydrogens (tertiary/aromatic N) is 5. The highest BCUT2D eigenvalue weighted by molar-refractivity contribution is 6.38. The van der Waals surface area contributed by atoms with Gasteiger partial charge in [0.25, 0.3) is 0 Å². The maximum absolute atomic E-state index is 12.1. The van der Waals surface area contributed by atoms with Gasteiger partial charge in [-0.15, -0.1) is 10.2 Å². The number of rotatable bonds is 2. The lowest BCUT2D eigenvalue weighted by atomic mass is 10.2. The number of anilines is 1. The molecule has 1 aliphatic heterocycles. The summed E-state index contributed by atoms with van der Waals surface area (Å²) in [7, 11) is 0. The van der Waals surface area contributed by atoms with Crippen LogP contribution in [0.25, 0.3) is 0 Å². The molecule has 2 amide bonds. The molecule has 1 aromatic heterocycles. The van der Waals surface area contributed by atoms with Crippen molar-refractivity contribution in [3.63, 3.8) is 0 Å². The first-order chi connectivity index (χ1) is 10.7. The first-order valence-corrected chi connectivity index (χ1v) is 6.99. The van der Waals surface area contributed by atoms with E-state index in [-0.39, 0.29) is 0 Å². The van der Waals surface area contributed by atoms with Gasteiger partial charge in [-0.05, 0) is 12.1 Å². The van der Waals surface area contributed by atoms with E-state index >= 15 is 0 Å². The van der Waals surface area contributed by atoms with Gasteiger partial charge >= 0.3 is 11.8 Å². The Kier molecular flexibility index (Phi) is 3.99. The monoisotopic (exact) mass is 300 g/mol. The highest BCUT2D eigenvalue weighted by Crippen LogP contribution is 2.15. The number of para-hydroxylation sites is 1. The van der Waals surface area contributed by atoms with Gasteiger partial charge in [-0.2, -0.15) is 0 Å². The van der Waals surface area contributed by atoms with Crippen molar-refractivity contribution in [2.75, 3.05) is 36.5 Å².